The fourth-order valence-electron chi connectivity index (χ4n) is 3.78. The van der Waals surface area contributed by atoms with Crippen LogP contribution >= 0.6 is 0 Å². The van der Waals surface area contributed by atoms with E-state index in [0.717, 1.165) is 17.5 Å². The molecule has 2 unspecified atom stereocenters. The van der Waals surface area contributed by atoms with Crippen LogP contribution in [0.5, 0.6) is 0 Å². The van der Waals surface area contributed by atoms with Crippen LogP contribution in [0.2, 0.25) is 0 Å². The molecule has 0 radical (unpaired) electrons. The van der Waals surface area contributed by atoms with Gasteiger partial charge in [0.1, 0.15) is 6.23 Å². The third-order valence-corrected chi connectivity index (χ3v) is 5.25. The van der Waals surface area contributed by atoms with E-state index in [2.05, 4.69) is 0 Å². The van der Waals surface area contributed by atoms with Crippen LogP contribution in [0.3, 0.4) is 0 Å². The lowest BCUT2D eigenvalue weighted by molar-refractivity contribution is -0.0906. The number of nitrogens with zero attached hydrogens (tertiary/aromatic N) is 1. The van der Waals surface area contributed by atoms with Gasteiger partial charge in [-0.1, -0.05) is 42.5 Å². The van der Waals surface area contributed by atoms with Crippen molar-refractivity contribution in [3.8, 4) is 0 Å². The summed E-state index contributed by atoms with van der Waals surface area (Å²) in [7, 11) is 0. The van der Waals surface area contributed by atoms with Gasteiger partial charge in [-0.2, -0.15) is 0 Å². The Morgan fingerprint density at radius 2 is 1.85 bits per heavy atom. The molecule has 2 atom stereocenters. The maximum atomic E-state index is 12.7. The second-order valence-electron chi connectivity index (χ2n) is 7.21. The van der Waals surface area contributed by atoms with Crippen LogP contribution < -0.4 is 0 Å². The van der Waals surface area contributed by atoms with Gasteiger partial charge < -0.3 is 9.47 Å². The van der Waals surface area contributed by atoms with E-state index >= 15 is 0 Å². The second kappa shape index (κ2) is 7.62. The van der Waals surface area contributed by atoms with E-state index < -0.39 is 6.23 Å². The SMILES string of the molecule is Cc1cccc2c1C(=O)N(C1CCC(COCc3ccccc3)CO1)C2=O. The molecule has 2 aromatic carbocycles. The van der Waals surface area contributed by atoms with Crippen molar-refractivity contribution in [2.75, 3.05) is 13.2 Å². The average molecular weight is 365 g/mol. The van der Waals surface area contributed by atoms with Crippen LogP contribution in [-0.2, 0) is 16.1 Å². The Kier molecular flexibility index (Phi) is 5.05. The smallest absolute Gasteiger partial charge is 0.263 e. The lowest BCUT2D eigenvalue weighted by atomic mass is 10.0. The summed E-state index contributed by atoms with van der Waals surface area (Å²) in [5.41, 5.74) is 2.97. The number of carbonyl (C=O) groups is 2. The molecule has 2 aliphatic rings. The van der Waals surface area contributed by atoms with Gasteiger partial charge in [-0.15, -0.1) is 0 Å². The summed E-state index contributed by atoms with van der Waals surface area (Å²) in [6.07, 6.45) is 1.03. The fraction of sp³-hybridized carbons (Fsp3) is 0.364. The van der Waals surface area contributed by atoms with Crippen molar-refractivity contribution >= 4 is 11.8 Å². The summed E-state index contributed by atoms with van der Waals surface area (Å²) < 4.78 is 11.7. The molecule has 1 fully saturated rings. The summed E-state index contributed by atoms with van der Waals surface area (Å²) in [5.74, 6) is -0.207. The number of rotatable bonds is 5. The van der Waals surface area contributed by atoms with Crippen molar-refractivity contribution in [2.24, 2.45) is 5.92 Å². The van der Waals surface area contributed by atoms with Gasteiger partial charge in [0.15, 0.2) is 0 Å². The molecule has 2 heterocycles. The van der Waals surface area contributed by atoms with Crippen LogP contribution in [-0.4, -0.2) is 36.2 Å². The normalized spacial score (nSPS) is 22.2. The highest BCUT2D eigenvalue weighted by atomic mass is 16.5. The number of hydrogen-bond donors (Lipinski definition) is 0. The third-order valence-electron chi connectivity index (χ3n) is 5.25. The van der Waals surface area contributed by atoms with Gasteiger partial charge in [0, 0.05) is 5.92 Å². The highest BCUT2D eigenvalue weighted by molar-refractivity contribution is 6.22. The standard InChI is InChI=1S/C22H23NO4/c1-15-6-5-9-18-20(15)22(25)23(21(18)24)19-11-10-17(14-27-19)13-26-12-16-7-3-2-4-8-16/h2-9,17,19H,10-14H2,1H3. The van der Waals surface area contributed by atoms with E-state index in [4.69, 9.17) is 9.47 Å². The highest BCUT2D eigenvalue weighted by Gasteiger charge is 2.42. The van der Waals surface area contributed by atoms with Crippen LogP contribution in [0.25, 0.3) is 0 Å². The van der Waals surface area contributed by atoms with Gasteiger partial charge in [-0.3, -0.25) is 9.59 Å². The largest absolute Gasteiger partial charge is 0.376 e. The Morgan fingerprint density at radius 3 is 2.56 bits per heavy atom. The molecule has 0 saturated carbocycles. The van der Waals surface area contributed by atoms with Crippen LogP contribution in [0.1, 0.15) is 44.7 Å². The molecular formula is C22H23NO4. The van der Waals surface area contributed by atoms with Crippen molar-refractivity contribution in [3.63, 3.8) is 0 Å². The molecule has 0 aliphatic carbocycles. The molecule has 5 heteroatoms. The molecule has 0 spiro atoms. The lowest BCUT2D eigenvalue weighted by Gasteiger charge is -2.33. The number of imide groups is 1. The first-order chi connectivity index (χ1) is 13.1. The predicted octanol–water partition coefficient (Wildman–Crippen LogP) is 3.56. The minimum Gasteiger partial charge on any atom is -0.376 e. The Balaban J connectivity index is 1.31. The molecule has 4 rings (SSSR count). The second-order valence-corrected chi connectivity index (χ2v) is 7.21. The Morgan fingerprint density at radius 1 is 1.04 bits per heavy atom. The van der Waals surface area contributed by atoms with Gasteiger partial charge in [0.05, 0.1) is 30.9 Å². The molecule has 5 nitrogen and oxygen atoms in total. The molecule has 1 saturated heterocycles. The highest BCUT2D eigenvalue weighted by Crippen LogP contribution is 2.31. The average Bonchev–Trinajstić information content (AvgIpc) is 2.95. The number of fused-ring (bicyclic) bond motifs is 1. The van der Waals surface area contributed by atoms with Crippen LogP contribution in [0.4, 0.5) is 0 Å². The Bertz CT molecular complexity index is 841. The van der Waals surface area contributed by atoms with Gasteiger partial charge in [-0.05, 0) is 37.0 Å². The maximum Gasteiger partial charge on any atom is 0.263 e. The first-order valence-corrected chi connectivity index (χ1v) is 9.36. The van der Waals surface area contributed by atoms with E-state index in [9.17, 15) is 9.59 Å². The van der Waals surface area contributed by atoms with Crippen molar-refractivity contribution in [1.82, 2.24) is 4.90 Å². The number of aryl methyl sites for hydroxylation is 1. The first kappa shape index (κ1) is 17.9. The van der Waals surface area contributed by atoms with Crippen molar-refractivity contribution in [2.45, 2.75) is 32.6 Å². The van der Waals surface area contributed by atoms with E-state index in [1.807, 2.05) is 49.4 Å². The molecule has 0 N–H and O–H groups in total. The Labute approximate surface area is 158 Å². The fourth-order valence-corrected chi connectivity index (χ4v) is 3.78. The zero-order valence-corrected chi connectivity index (χ0v) is 15.4. The predicted molar refractivity (Wildman–Crippen MR) is 100 cm³/mol. The van der Waals surface area contributed by atoms with Crippen molar-refractivity contribution in [3.05, 3.63) is 70.8 Å². The van der Waals surface area contributed by atoms with E-state index in [1.165, 1.54) is 4.90 Å². The van der Waals surface area contributed by atoms with Gasteiger partial charge in [0.2, 0.25) is 0 Å². The molecule has 2 aliphatic heterocycles. The van der Waals surface area contributed by atoms with E-state index in [-0.39, 0.29) is 17.7 Å². The monoisotopic (exact) mass is 365 g/mol. The third kappa shape index (κ3) is 3.53. The molecular weight excluding hydrogens is 342 g/mol. The number of carbonyl (C=O) groups excluding carboxylic acids is 2. The summed E-state index contributed by atoms with van der Waals surface area (Å²) in [4.78, 5) is 26.7. The minimum absolute atomic E-state index is 0.239. The van der Waals surface area contributed by atoms with Crippen molar-refractivity contribution < 1.29 is 19.1 Å². The number of ether oxygens (including phenoxy) is 2. The molecule has 0 aromatic heterocycles. The molecule has 27 heavy (non-hydrogen) atoms. The van der Waals surface area contributed by atoms with Gasteiger partial charge >= 0.3 is 0 Å². The molecule has 0 bridgehead atoms. The zero-order chi connectivity index (χ0) is 18.8. The number of hydrogen-bond acceptors (Lipinski definition) is 4. The topological polar surface area (TPSA) is 55.8 Å². The Hall–Kier alpha value is -2.50. The quantitative estimate of drug-likeness (QED) is 0.760. The molecule has 140 valence electrons. The first-order valence-electron chi connectivity index (χ1n) is 9.36. The van der Waals surface area contributed by atoms with E-state index in [0.29, 0.717) is 37.4 Å². The van der Waals surface area contributed by atoms with Gasteiger partial charge in [0.25, 0.3) is 11.8 Å². The van der Waals surface area contributed by atoms with Gasteiger partial charge in [-0.25, -0.2) is 4.90 Å². The zero-order valence-electron chi connectivity index (χ0n) is 15.4. The summed E-state index contributed by atoms with van der Waals surface area (Å²) in [5, 5.41) is 0. The maximum absolute atomic E-state index is 12.7. The summed E-state index contributed by atoms with van der Waals surface area (Å²) in [6, 6.07) is 15.4. The molecule has 2 aromatic rings. The lowest BCUT2D eigenvalue weighted by Crippen LogP contribution is -2.45. The minimum atomic E-state index is -0.484. The van der Waals surface area contributed by atoms with Crippen molar-refractivity contribution in [1.29, 1.82) is 0 Å². The van der Waals surface area contributed by atoms with Crippen LogP contribution in [0.15, 0.2) is 48.5 Å². The molecule has 2 amide bonds. The number of benzene rings is 2. The summed E-state index contributed by atoms with van der Waals surface area (Å²) in [6.45, 7) is 3.54. The number of amides is 2. The van der Waals surface area contributed by atoms with Crippen LogP contribution in [0, 0.1) is 12.8 Å². The summed E-state index contributed by atoms with van der Waals surface area (Å²) >= 11 is 0. The van der Waals surface area contributed by atoms with E-state index in [1.54, 1.807) is 6.07 Å².